The Balaban J connectivity index is 1.86. The van der Waals surface area contributed by atoms with Gasteiger partial charge < -0.3 is 19.8 Å². The first kappa shape index (κ1) is 21.1. The maximum atomic E-state index is 13.1. The number of aryl methyl sites for hydroxylation is 1. The molecule has 7 heteroatoms. The Morgan fingerprint density at radius 1 is 1.06 bits per heavy atom. The highest BCUT2D eigenvalue weighted by molar-refractivity contribution is 6.46. The van der Waals surface area contributed by atoms with Gasteiger partial charge in [0, 0.05) is 24.5 Å². The van der Waals surface area contributed by atoms with E-state index in [-0.39, 0.29) is 23.6 Å². The molecule has 1 aliphatic heterocycles. The van der Waals surface area contributed by atoms with E-state index in [1.165, 1.54) is 17.0 Å². The number of aliphatic hydroxyl groups is 1. The lowest BCUT2D eigenvalue weighted by Crippen LogP contribution is -2.29. The fourth-order valence-corrected chi connectivity index (χ4v) is 3.91. The number of phenols is 1. The van der Waals surface area contributed by atoms with E-state index < -0.39 is 17.7 Å². The monoisotopic (exact) mass is 430 g/mol. The number of amides is 1. The second-order valence-corrected chi connectivity index (χ2v) is 7.56. The second kappa shape index (κ2) is 8.55. The Bertz CT molecular complexity index is 1200. The molecule has 3 aromatic rings. The summed E-state index contributed by atoms with van der Waals surface area (Å²) in [5.74, 6) is -1.01. The molecule has 1 aromatic heterocycles. The van der Waals surface area contributed by atoms with Crippen molar-refractivity contribution in [3.63, 3.8) is 0 Å². The number of methoxy groups -OCH3 is 1. The molecule has 2 heterocycles. The molecule has 7 nitrogen and oxygen atoms in total. The van der Waals surface area contributed by atoms with Crippen molar-refractivity contribution < 1.29 is 24.5 Å². The smallest absolute Gasteiger partial charge is 0.295 e. The van der Waals surface area contributed by atoms with E-state index in [2.05, 4.69) is 4.98 Å². The number of ether oxygens (including phenoxy) is 1. The van der Waals surface area contributed by atoms with E-state index in [0.717, 1.165) is 11.1 Å². The fourth-order valence-electron chi connectivity index (χ4n) is 3.91. The van der Waals surface area contributed by atoms with E-state index in [1.54, 1.807) is 62.0 Å². The predicted octanol–water partition coefficient (Wildman–Crippen LogP) is 3.73. The zero-order valence-electron chi connectivity index (χ0n) is 17.6. The number of nitrogens with zero attached hydrogens (tertiary/aromatic N) is 2. The topological polar surface area (TPSA) is 100.0 Å². The number of hydrogen-bond donors (Lipinski definition) is 2. The summed E-state index contributed by atoms with van der Waals surface area (Å²) in [7, 11) is 1.55. The molecule has 1 fully saturated rings. The molecule has 0 radical (unpaired) electrons. The molecule has 2 N–H and O–H groups in total. The summed E-state index contributed by atoms with van der Waals surface area (Å²) in [4.78, 5) is 31.5. The maximum Gasteiger partial charge on any atom is 0.295 e. The van der Waals surface area contributed by atoms with Gasteiger partial charge in [-0.25, -0.2) is 0 Å². The van der Waals surface area contributed by atoms with Gasteiger partial charge in [-0.1, -0.05) is 12.1 Å². The third kappa shape index (κ3) is 3.80. The van der Waals surface area contributed by atoms with Gasteiger partial charge >= 0.3 is 0 Å². The lowest BCUT2D eigenvalue weighted by atomic mass is 9.94. The van der Waals surface area contributed by atoms with Gasteiger partial charge in [0.15, 0.2) is 0 Å². The largest absolute Gasteiger partial charge is 0.508 e. The Hall–Kier alpha value is -4.13. The van der Waals surface area contributed by atoms with E-state index >= 15 is 0 Å². The van der Waals surface area contributed by atoms with Crippen LogP contribution in [0.3, 0.4) is 0 Å². The van der Waals surface area contributed by atoms with Gasteiger partial charge in [0.2, 0.25) is 0 Å². The number of rotatable bonds is 5. The summed E-state index contributed by atoms with van der Waals surface area (Å²) in [5.41, 5.74) is 2.59. The van der Waals surface area contributed by atoms with Gasteiger partial charge in [0.1, 0.15) is 17.3 Å². The number of hydrogen-bond acceptors (Lipinski definition) is 6. The van der Waals surface area contributed by atoms with Crippen LogP contribution in [-0.2, 0) is 16.1 Å². The van der Waals surface area contributed by atoms with Crippen LogP contribution in [0.25, 0.3) is 5.76 Å². The van der Waals surface area contributed by atoms with Gasteiger partial charge in [-0.15, -0.1) is 0 Å². The SMILES string of the molecule is COc1ccc(/C(O)=C2/C(=O)C(=O)N(Cc3ccncc3)C2c2ccc(O)cc2)cc1C. The molecule has 0 saturated carbocycles. The average molecular weight is 430 g/mol. The quantitative estimate of drug-likeness (QED) is 0.364. The molecule has 0 aliphatic carbocycles. The number of ketones is 1. The Morgan fingerprint density at radius 3 is 2.38 bits per heavy atom. The summed E-state index contributed by atoms with van der Waals surface area (Å²) in [5, 5.41) is 20.9. The molecule has 1 amide bonds. The number of Topliss-reactive ketones (excluding diaryl/α,β-unsaturated/α-hetero) is 1. The minimum Gasteiger partial charge on any atom is -0.508 e. The van der Waals surface area contributed by atoms with Gasteiger partial charge in [-0.2, -0.15) is 0 Å². The molecule has 2 aromatic carbocycles. The second-order valence-electron chi connectivity index (χ2n) is 7.56. The van der Waals surface area contributed by atoms with Gasteiger partial charge in [-0.3, -0.25) is 14.6 Å². The molecule has 1 saturated heterocycles. The van der Waals surface area contributed by atoms with E-state index in [4.69, 9.17) is 4.74 Å². The average Bonchev–Trinajstić information content (AvgIpc) is 3.04. The number of likely N-dealkylation sites (tertiary alicyclic amines) is 1. The number of benzene rings is 2. The highest BCUT2D eigenvalue weighted by atomic mass is 16.5. The van der Waals surface area contributed by atoms with Crippen LogP contribution in [0.15, 0.2) is 72.6 Å². The van der Waals surface area contributed by atoms with Crippen molar-refractivity contribution in [3.05, 3.63) is 94.8 Å². The third-order valence-corrected chi connectivity index (χ3v) is 5.52. The molecule has 4 rings (SSSR count). The summed E-state index contributed by atoms with van der Waals surface area (Å²) in [6.07, 6.45) is 3.23. The van der Waals surface area contributed by atoms with E-state index in [0.29, 0.717) is 16.9 Å². The van der Waals surface area contributed by atoms with Crippen LogP contribution in [0.5, 0.6) is 11.5 Å². The number of carbonyl (C=O) groups excluding carboxylic acids is 2. The van der Waals surface area contributed by atoms with Gasteiger partial charge in [0.05, 0.1) is 18.7 Å². The van der Waals surface area contributed by atoms with Crippen molar-refractivity contribution in [2.75, 3.05) is 7.11 Å². The van der Waals surface area contributed by atoms with E-state index in [1.807, 2.05) is 6.92 Å². The number of pyridine rings is 1. The molecule has 162 valence electrons. The molecule has 0 spiro atoms. The maximum absolute atomic E-state index is 13.1. The summed E-state index contributed by atoms with van der Waals surface area (Å²) in [6.45, 7) is 1.99. The predicted molar refractivity (Wildman–Crippen MR) is 118 cm³/mol. The normalized spacial score (nSPS) is 17.6. The van der Waals surface area contributed by atoms with Crippen LogP contribution in [-0.4, -0.2) is 38.9 Å². The first-order valence-corrected chi connectivity index (χ1v) is 10.0. The van der Waals surface area contributed by atoms with Gasteiger partial charge in [-0.05, 0) is 66.1 Å². The lowest BCUT2D eigenvalue weighted by Gasteiger charge is -2.25. The Morgan fingerprint density at radius 2 is 1.75 bits per heavy atom. The van der Waals surface area contributed by atoms with Crippen molar-refractivity contribution >= 4 is 17.4 Å². The Labute approximate surface area is 185 Å². The zero-order chi connectivity index (χ0) is 22.8. The van der Waals surface area contributed by atoms with Crippen molar-refractivity contribution in [3.8, 4) is 11.5 Å². The molecule has 32 heavy (non-hydrogen) atoms. The van der Waals surface area contributed by atoms with Crippen LogP contribution in [0, 0.1) is 6.92 Å². The molecule has 1 unspecified atom stereocenters. The minimum absolute atomic E-state index is 0.000636. The highest BCUT2D eigenvalue weighted by Gasteiger charge is 2.46. The Kier molecular flexibility index (Phi) is 5.64. The number of phenolic OH excluding ortho intramolecular Hbond substituents is 1. The van der Waals surface area contributed by atoms with Gasteiger partial charge in [0.25, 0.3) is 11.7 Å². The van der Waals surface area contributed by atoms with Crippen molar-refractivity contribution in [2.45, 2.75) is 19.5 Å². The summed E-state index contributed by atoms with van der Waals surface area (Å²) in [6, 6.07) is 14.0. The first-order chi connectivity index (χ1) is 15.4. The first-order valence-electron chi connectivity index (χ1n) is 10.0. The lowest BCUT2D eigenvalue weighted by molar-refractivity contribution is -0.140. The molecule has 1 atom stereocenters. The molecular weight excluding hydrogens is 408 g/mol. The van der Waals surface area contributed by atoms with Crippen LogP contribution in [0.2, 0.25) is 0 Å². The molecule has 0 bridgehead atoms. The zero-order valence-corrected chi connectivity index (χ0v) is 17.6. The molecule has 1 aliphatic rings. The number of aliphatic hydroxyl groups excluding tert-OH is 1. The summed E-state index contributed by atoms with van der Waals surface area (Å²) < 4.78 is 5.27. The third-order valence-electron chi connectivity index (χ3n) is 5.52. The standard InChI is InChI=1S/C25H22N2O5/c1-15-13-18(5-8-20(15)32-2)23(29)21-22(17-3-6-19(28)7-4-17)27(25(31)24(21)30)14-16-9-11-26-12-10-16/h3-13,22,28-29H,14H2,1-2H3/b23-21-. The van der Waals surface area contributed by atoms with Crippen LogP contribution in [0.4, 0.5) is 0 Å². The van der Waals surface area contributed by atoms with Crippen LogP contribution < -0.4 is 4.74 Å². The van der Waals surface area contributed by atoms with E-state index in [9.17, 15) is 19.8 Å². The van der Waals surface area contributed by atoms with Crippen LogP contribution >= 0.6 is 0 Å². The summed E-state index contributed by atoms with van der Waals surface area (Å²) >= 11 is 0. The molecular formula is C25H22N2O5. The highest BCUT2D eigenvalue weighted by Crippen LogP contribution is 2.41. The van der Waals surface area contributed by atoms with Crippen molar-refractivity contribution in [1.29, 1.82) is 0 Å². The number of carbonyl (C=O) groups is 2. The number of aromatic nitrogens is 1. The van der Waals surface area contributed by atoms with Crippen molar-refractivity contribution in [1.82, 2.24) is 9.88 Å². The number of aromatic hydroxyl groups is 1. The van der Waals surface area contributed by atoms with Crippen LogP contribution in [0.1, 0.15) is 28.3 Å². The fraction of sp³-hybridized carbons (Fsp3) is 0.160. The van der Waals surface area contributed by atoms with Crippen molar-refractivity contribution in [2.24, 2.45) is 0 Å². The minimum atomic E-state index is -0.814.